The summed E-state index contributed by atoms with van der Waals surface area (Å²) in [5.41, 5.74) is 3.38. The van der Waals surface area contributed by atoms with E-state index >= 15 is 0 Å². The molecule has 1 heterocycles. The lowest BCUT2D eigenvalue weighted by molar-refractivity contribution is 0.178. The van der Waals surface area contributed by atoms with E-state index < -0.39 is 6.10 Å². The largest absolute Gasteiger partial charge is 0.388 e. The fraction of sp³-hybridized carbons (Fsp3) is 0.286. The molecule has 0 aliphatic heterocycles. The van der Waals surface area contributed by atoms with Crippen molar-refractivity contribution in [2.45, 2.75) is 26.4 Å². The quantitative estimate of drug-likeness (QED) is 0.890. The van der Waals surface area contributed by atoms with E-state index in [2.05, 4.69) is 41.9 Å². The maximum Gasteiger partial charge on any atom is 0.0843 e. The van der Waals surface area contributed by atoms with Gasteiger partial charge in [-0.15, -0.1) is 11.3 Å². The van der Waals surface area contributed by atoms with Crippen molar-refractivity contribution >= 4 is 27.3 Å². The number of hydrogen-bond acceptors (Lipinski definition) is 2. The molecule has 2 aromatic rings. The molecule has 0 spiro atoms. The average molecular weight is 311 g/mol. The lowest BCUT2D eigenvalue weighted by atomic mass is 9.96. The topological polar surface area (TPSA) is 20.2 Å². The number of thiophene rings is 1. The van der Waals surface area contributed by atoms with E-state index in [9.17, 15) is 5.11 Å². The molecule has 0 saturated heterocycles. The molecule has 0 aliphatic carbocycles. The van der Waals surface area contributed by atoms with E-state index in [1.807, 2.05) is 17.5 Å². The van der Waals surface area contributed by atoms with Crippen LogP contribution in [-0.4, -0.2) is 5.11 Å². The Morgan fingerprint density at radius 2 is 1.88 bits per heavy atom. The number of halogens is 1. The molecule has 0 amide bonds. The fourth-order valence-electron chi connectivity index (χ4n) is 2.10. The summed E-state index contributed by atoms with van der Waals surface area (Å²) >= 11 is 5.18. The van der Waals surface area contributed by atoms with E-state index in [1.54, 1.807) is 11.3 Å². The molecule has 0 fully saturated rings. The van der Waals surface area contributed by atoms with Gasteiger partial charge < -0.3 is 5.11 Å². The van der Waals surface area contributed by atoms with Crippen molar-refractivity contribution in [1.29, 1.82) is 0 Å². The molecule has 1 aromatic carbocycles. The maximum atomic E-state index is 10.4. The van der Waals surface area contributed by atoms with E-state index in [0.717, 1.165) is 21.2 Å². The molecular formula is C14H15BrOS. The summed E-state index contributed by atoms with van der Waals surface area (Å²) in [7, 11) is 0. The highest BCUT2D eigenvalue weighted by molar-refractivity contribution is 9.10. The van der Waals surface area contributed by atoms with Gasteiger partial charge in [-0.1, -0.05) is 18.2 Å². The molecule has 0 radical (unpaired) electrons. The minimum absolute atomic E-state index is 0.425. The van der Waals surface area contributed by atoms with Crippen LogP contribution in [-0.2, 0) is 6.42 Å². The molecular weight excluding hydrogens is 296 g/mol. The average Bonchev–Trinajstić information content (AvgIpc) is 2.64. The van der Waals surface area contributed by atoms with Crippen molar-refractivity contribution in [3.63, 3.8) is 0 Å². The van der Waals surface area contributed by atoms with Crippen molar-refractivity contribution < 1.29 is 5.11 Å². The number of aryl methyl sites for hydroxylation is 2. The molecule has 3 heteroatoms. The molecule has 90 valence electrons. The first-order valence-corrected chi connectivity index (χ1v) is 7.23. The lowest BCUT2D eigenvalue weighted by Crippen LogP contribution is -2.05. The monoisotopic (exact) mass is 310 g/mol. The molecule has 1 aromatic heterocycles. The Balaban J connectivity index is 2.26. The number of aliphatic hydroxyl groups is 1. The zero-order valence-electron chi connectivity index (χ0n) is 9.90. The van der Waals surface area contributed by atoms with Crippen LogP contribution >= 0.6 is 27.3 Å². The zero-order chi connectivity index (χ0) is 12.4. The third kappa shape index (κ3) is 2.79. The Labute approximate surface area is 114 Å². The van der Waals surface area contributed by atoms with E-state index in [4.69, 9.17) is 0 Å². The van der Waals surface area contributed by atoms with Crippen LogP contribution < -0.4 is 0 Å². The minimum atomic E-state index is -0.425. The smallest absolute Gasteiger partial charge is 0.0843 e. The molecule has 1 N–H and O–H groups in total. The van der Waals surface area contributed by atoms with Crippen LogP contribution in [0.2, 0.25) is 0 Å². The molecule has 1 atom stereocenters. The van der Waals surface area contributed by atoms with Gasteiger partial charge in [0, 0.05) is 15.8 Å². The SMILES string of the molecule is Cc1cccc(C)c1C(O)Cc1sccc1Br. The van der Waals surface area contributed by atoms with Gasteiger partial charge in [0.1, 0.15) is 0 Å². The third-order valence-corrected chi connectivity index (χ3v) is 4.89. The number of benzene rings is 1. The first kappa shape index (κ1) is 12.8. The van der Waals surface area contributed by atoms with Crippen molar-refractivity contribution in [2.75, 3.05) is 0 Å². The highest BCUT2D eigenvalue weighted by Crippen LogP contribution is 2.30. The summed E-state index contributed by atoms with van der Waals surface area (Å²) in [4.78, 5) is 1.19. The first-order chi connectivity index (χ1) is 8.09. The van der Waals surface area contributed by atoms with Gasteiger partial charge in [0.05, 0.1) is 6.10 Å². The van der Waals surface area contributed by atoms with Crippen LogP contribution in [0.25, 0.3) is 0 Å². The van der Waals surface area contributed by atoms with Gasteiger partial charge in [-0.2, -0.15) is 0 Å². The molecule has 0 aliphatic rings. The number of rotatable bonds is 3. The fourth-order valence-corrected chi connectivity index (χ4v) is 3.65. The van der Waals surface area contributed by atoms with Crippen LogP contribution in [0.4, 0.5) is 0 Å². The standard InChI is InChI=1S/C14H15BrOS/c1-9-4-3-5-10(2)14(9)12(16)8-13-11(15)6-7-17-13/h3-7,12,16H,8H2,1-2H3. The second-order valence-corrected chi connectivity index (χ2v) is 6.07. The summed E-state index contributed by atoms with van der Waals surface area (Å²) in [6.07, 6.45) is 0.246. The van der Waals surface area contributed by atoms with Gasteiger partial charge in [-0.05, 0) is 57.9 Å². The van der Waals surface area contributed by atoms with Crippen molar-refractivity contribution in [2.24, 2.45) is 0 Å². The summed E-state index contributed by atoms with van der Waals surface area (Å²) in [5, 5.41) is 12.4. The molecule has 0 bridgehead atoms. The summed E-state index contributed by atoms with van der Waals surface area (Å²) in [6.45, 7) is 4.10. The van der Waals surface area contributed by atoms with Gasteiger partial charge in [-0.3, -0.25) is 0 Å². The van der Waals surface area contributed by atoms with Gasteiger partial charge in [0.15, 0.2) is 0 Å². The Bertz CT molecular complexity index is 498. The highest BCUT2D eigenvalue weighted by Gasteiger charge is 2.15. The van der Waals surface area contributed by atoms with Crippen LogP contribution in [0.1, 0.15) is 27.7 Å². The van der Waals surface area contributed by atoms with E-state index in [1.165, 1.54) is 4.88 Å². The molecule has 1 nitrogen and oxygen atoms in total. The van der Waals surface area contributed by atoms with Gasteiger partial charge in [-0.25, -0.2) is 0 Å². The van der Waals surface area contributed by atoms with Crippen molar-refractivity contribution in [1.82, 2.24) is 0 Å². The molecule has 2 rings (SSSR count). The Kier molecular flexibility index (Phi) is 4.02. The number of hydrogen-bond donors (Lipinski definition) is 1. The summed E-state index contributed by atoms with van der Waals surface area (Å²) in [6, 6.07) is 8.16. The van der Waals surface area contributed by atoms with E-state index in [0.29, 0.717) is 6.42 Å². The zero-order valence-corrected chi connectivity index (χ0v) is 12.3. The second kappa shape index (κ2) is 5.34. The molecule has 0 saturated carbocycles. The van der Waals surface area contributed by atoms with Crippen LogP contribution in [0, 0.1) is 13.8 Å². The minimum Gasteiger partial charge on any atom is -0.388 e. The van der Waals surface area contributed by atoms with Crippen molar-refractivity contribution in [3.8, 4) is 0 Å². The van der Waals surface area contributed by atoms with E-state index in [-0.39, 0.29) is 0 Å². The lowest BCUT2D eigenvalue weighted by Gasteiger charge is -2.16. The van der Waals surface area contributed by atoms with Crippen LogP contribution in [0.5, 0.6) is 0 Å². The Morgan fingerprint density at radius 1 is 1.24 bits per heavy atom. The second-order valence-electron chi connectivity index (χ2n) is 4.22. The van der Waals surface area contributed by atoms with Gasteiger partial charge >= 0.3 is 0 Å². The molecule has 1 unspecified atom stereocenters. The van der Waals surface area contributed by atoms with Gasteiger partial charge in [0.25, 0.3) is 0 Å². The normalized spacial score (nSPS) is 12.7. The number of aliphatic hydroxyl groups excluding tert-OH is 1. The summed E-state index contributed by atoms with van der Waals surface area (Å²) < 4.78 is 1.09. The predicted molar refractivity (Wildman–Crippen MR) is 76.6 cm³/mol. The first-order valence-electron chi connectivity index (χ1n) is 5.55. The van der Waals surface area contributed by atoms with Crippen LogP contribution in [0.15, 0.2) is 34.1 Å². The summed E-state index contributed by atoms with van der Waals surface area (Å²) in [5.74, 6) is 0. The van der Waals surface area contributed by atoms with Gasteiger partial charge in [0.2, 0.25) is 0 Å². The Hall–Kier alpha value is -0.640. The van der Waals surface area contributed by atoms with Crippen LogP contribution in [0.3, 0.4) is 0 Å². The molecule has 17 heavy (non-hydrogen) atoms. The predicted octanol–water partition coefficient (Wildman–Crippen LogP) is 4.40. The third-order valence-electron chi connectivity index (χ3n) is 2.95. The highest BCUT2D eigenvalue weighted by atomic mass is 79.9. The maximum absolute atomic E-state index is 10.4. The Morgan fingerprint density at radius 3 is 2.41 bits per heavy atom. The van der Waals surface area contributed by atoms with Crippen molar-refractivity contribution in [3.05, 3.63) is 55.7 Å².